The molecule has 2 aliphatic heterocycles. The van der Waals surface area contributed by atoms with Crippen LogP contribution in [0.25, 0.3) is 0 Å². The fourth-order valence-electron chi connectivity index (χ4n) is 4.37. The molecule has 5 heteroatoms. The van der Waals surface area contributed by atoms with Gasteiger partial charge >= 0.3 is 0 Å². The second kappa shape index (κ2) is 6.35. The third-order valence-electron chi connectivity index (χ3n) is 5.60. The van der Waals surface area contributed by atoms with E-state index in [0.717, 1.165) is 35.9 Å². The van der Waals surface area contributed by atoms with Crippen molar-refractivity contribution in [3.05, 3.63) is 77.2 Å². The molecular formula is C22H22N2O3. The number of hydrogen-bond acceptors (Lipinski definition) is 5. The summed E-state index contributed by atoms with van der Waals surface area (Å²) in [5, 5.41) is 3.66. The third-order valence-corrected chi connectivity index (χ3v) is 5.60. The maximum Gasteiger partial charge on any atom is 0.161 e. The van der Waals surface area contributed by atoms with Crippen LogP contribution in [-0.4, -0.2) is 25.7 Å². The summed E-state index contributed by atoms with van der Waals surface area (Å²) in [4.78, 5) is 2.47. The Bertz CT molecular complexity index is 968. The van der Waals surface area contributed by atoms with Crippen LogP contribution in [0.15, 0.2) is 59.2 Å². The van der Waals surface area contributed by atoms with Crippen LogP contribution in [0.1, 0.15) is 34.7 Å². The molecule has 0 unspecified atom stereocenters. The highest BCUT2D eigenvalue weighted by Gasteiger charge is 2.40. The number of hydrogen-bond donors (Lipinski definition) is 1. The van der Waals surface area contributed by atoms with Crippen molar-refractivity contribution in [3.8, 4) is 11.5 Å². The number of nitrogens with zero attached hydrogens (tertiary/aromatic N) is 1. The van der Waals surface area contributed by atoms with E-state index in [9.17, 15) is 0 Å². The number of para-hydroxylation sites is 1. The molecule has 0 fully saturated rings. The molecule has 0 spiro atoms. The summed E-state index contributed by atoms with van der Waals surface area (Å²) in [7, 11) is 3.37. The van der Waals surface area contributed by atoms with Gasteiger partial charge in [-0.2, -0.15) is 0 Å². The Hall–Kier alpha value is -2.92. The standard InChI is InChI=1S/C22H22N2O3/c1-25-19-12-14-9-10-24-21(16(14)13-20(19)26-2)15-6-3-4-7-17(15)23-22(24)18-8-5-11-27-18/h3-8,11-13,21-23H,9-10H2,1-2H3/t21-,22+/m1/s1. The Labute approximate surface area is 158 Å². The van der Waals surface area contributed by atoms with Gasteiger partial charge in [-0.05, 0) is 53.4 Å². The minimum atomic E-state index is 0.00106. The number of methoxy groups -OCH3 is 2. The summed E-state index contributed by atoms with van der Waals surface area (Å²) in [6, 6.07) is 16.9. The molecule has 3 aromatic rings. The van der Waals surface area contributed by atoms with E-state index >= 15 is 0 Å². The Morgan fingerprint density at radius 2 is 1.81 bits per heavy atom. The average Bonchev–Trinajstić information content (AvgIpc) is 3.26. The lowest BCUT2D eigenvalue weighted by atomic mass is 9.85. The number of ether oxygens (including phenoxy) is 2. The average molecular weight is 362 g/mol. The van der Waals surface area contributed by atoms with Crippen LogP contribution in [0, 0.1) is 0 Å². The number of furan rings is 1. The monoisotopic (exact) mass is 362 g/mol. The molecule has 0 bridgehead atoms. The van der Waals surface area contributed by atoms with Gasteiger partial charge in [0.2, 0.25) is 0 Å². The van der Waals surface area contributed by atoms with Crippen LogP contribution in [0.5, 0.6) is 11.5 Å². The topological polar surface area (TPSA) is 46.9 Å². The summed E-state index contributed by atoms with van der Waals surface area (Å²) in [6.07, 6.45) is 2.69. The Morgan fingerprint density at radius 3 is 2.59 bits per heavy atom. The van der Waals surface area contributed by atoms with E-state index in [1.165, 1.54) is 16.7 Å². The van der Waals surface area contributed by atoms with Crippen LogP contribution in [0.2, 0.25) is 0 Å². The van der Waals surface area contributed by atoms with Crippen LogP contribution in [0.3, 0.4) is 0 Å². The van der Waals surface area contributed by atoms with Gasteiger partial charge in [-0.25, -0.2) is 0 Å². The van der Waals surface area contributed by atoms with Crippen LogP contribution in [-0.2, 0) is 6.42 Å². The van der Waals surface area contributed by atoms with E-state index in [1.54, 1.807) is 20.5 Å². The van der Waals surface area contributed by atoms with Gasteiger partial charge in [0.1, 0.15) is 11.9 Å². The van der Waals surface area contributed by atoms with Crippen molar-refractivity contribution < 1.29 is 13.9 Å². The van der Waals surface area contributed by atoms with E-state index in [4.69, 9.17) is 13.9 Å². The zero-order valence-corrected chi connectivity index (χ0v) is 15.4. The lowest BCUT2D eigenvalue weighted by Gasteiger charge is -2.46. The lowest BCUT2D eigenvalue weighted by molar-refractivity contribution is 0.137. The van der Waals surface area contributed by atoms with Crippen LogP contribution >= 0.6 is 0 Å². The van der Waals surface area contributed by atoms with Gasteiger partial charge in [-0.15, -0.1) is 0 Å². The SMILES string of the molecule is COc1cc2c(cc1OC)[C@H]1c3ccccc3N[C@H](c3ccco3)N1CC2. The number of benzene rings is 2. The van der Waals surface area contributed by atoms with Gasteiger partial charge in [0.25, 0.3) is 0 Å². The van der Waals surface area contributed by atoms with Crippen molar-refractivity contribution in [2.24, 2.45) is 0 Å². The molecule has 2 atom stereocenters. The summed E-state index contributed by atoms with van der Waals surface area (Å²) < 4.78 is 16.9. The Balaban J connectivity index is 1.69. The molecule has 3 heterocycles. The molecule has 138 valence electrons. The van der Waals surface area contributed by atoms with Crippen molar-refractivity contribution in [1.29, 1.82) is 0 Å². The van der Waals surface area contributed by atoms with Crippen molar-refractivity contribution in [2.45, 2.75) is 18.6 Å². The molecule has 2 aliphatic rings. The molecule has 2 aromatic carbocycles. The minimum absolute atomic E-state index is 0.00106. The maximum atomic E-state index is 5.76. The van der Waals surface area contributed by atoms with Gasteiger partial charge in [-0.1, -0.05) is 18.2 Å². The van der Waals surface area contributed by atoms with Gasteiger partial charge in [0.15, 0.2) is 11.5 Å². The Morgan fingerprint density at radius 1 is 1.00 bits per heavy atom. The van der Waals surface area contributed by atoms with E-state index in [1.807, 2.05) is 12.1 Å². The Kier molecular flexibility index (Phi) is 3.83. The zero-order valence-electron chi connectivity index (χ0n) is 15.4. The predicted molar refractivity (Wildman–Crippen MR) is 103 cm³/mol. The fourth-order valence-corrected chi connectivity index (χ4v) is 4.37. The van der Waals surface area contributed by atoms with Crippen LogP contribution < -0.4 is 14.8 Å². The van der Waals surface area contributed by atoms with Crippen molar-refractivity contribution in [2.75, 3.05) is 26.1 Å². The van der Waals surface area contributed by atoms with Gasteiger partial charge < -0.3 is 19.2 Å². The summed E-state index contributed by atoms with van der Waals surface area (Å²) in [6.45, 7) is 0.930. The highest BCUT2D eigenvalue weighted by Crippen LogP contribution is 2.48. The van der Waals surface area contributed by atoms with Crippen LogP contribution in [0.4, 0.5) is 5.69 Å². The van der Waals surface area contributed by atoms with Crippen molar-refractivity contribution in [3.63, 3.8) is 0 Å². The number of anilines is 1. The minimum Gasteiger partial charge on any atom is -0.493 e. The first-order valence-electron chi connectivity index (χ1n) is 9.19. The molecule has 27 heavy (non-hydrogen) atoms. The van der Waals surface area contributed by atoms with Gasteiger partial charge in [-0.3, -0.25) is 4.90 Å². The first-order valence-corrected chi connectivity index (χ1v) is 9.19. The summed E-state index contributed by atoms with van der Waals surface area (Å²) in [5.74, 6) is 2.48. The summed E-state index contributed by atoms with van der Waals surface area (Å²) in [5.41, 5.74) is 4.99. The number of nitrogens with one attached hydrogen (secondary N) is 1. The molecule has 5 nitrogen and oxygen atoms in total. The number of rotatable bonds is 3. The fraction of sp³-hybridized carbons (Fsp3) is 0.273. The predicted octanol–water partition coefficient (Wildman–Crippen LogP) is 4.37. The zero-order chi connectivity index (χ0) is 18.4. The number of fused-ring (bicyclic) bond motifs is 5. The highest BCUT2D eigenvalue weighted by atomic mass is 16.5. The first-order chi connectivity index (χ1) is 13.3. The molecule has 5 rings (SSSR count). The lowest BCUT2D eigenvalue weighted by Crippen LogP contribution is -2.45. The second-order valence-electron chi connectivity index (χ2n) is 6.95. The second-order valence-corrected chi connectivity index (χ2v) is 6.95. The largest absolute Gasteiger partial charge is 0.493 e. The highest BCUT2D eigenvalue weighted by molar-refractivity contribution is 5.61. The van der Waals surface area contributed by atoms with Crippen molar-refractivity contribution in [1.82, 2.24) is 4.90 Å². The van der Waals surface area contributed by atoms with Gasteiger partial charge in [0, 0.05) is 12.2 Å². The van der Waals surface area contributed by atoms with E-state index in [0.29, 0.717) is 0 Å². The quantitative estimate of drug-likeness (QED) is 0.750. The van der Waals surface area contributed by atoms with E-state index in [-0.39, 0.29) is 12.2 Å². The first kappa shape index (κ1) is 16.3. The summed E-state index contributed by atoms with van der Waals surface area (Å²) >= 11 is 0. The molecular weight excluding hydrogens is 340 g/mol. The third kappa shape index (κ3) is 2.50. The van der Waals surface area contributed by atoms with E-state index in [2.05, 4.69) is 46.6 Å². The van der Waals surface area contributed by atoms with Crippen molar-refractivity contribution >= 4 is 5.69 Å². The molecule has 0 saturated carbocycles. The molecule has 0 saturated heterocycles. The molecule has 1 aromatic heterocycles. The smallest absolute Gasteiger partial charge is 0.161 e. The normalized spacial score (nSPS) is 20.8. The molecule has 1 N–H and O–H groups in total. The molecule has 0 amide bonds. The molecule has 0 radical (unpaired) electrons. The maximum absolute atomic E-state index is 5.76. The van der Waals surface area contributed by atoms with Gasteiger partial charge in [0.05, 0.1) is 26.5 Å². The van der Waals surface area contributed by atoms with E-state index < -0.39 is 0 Å². The molecule has 0 aliphatic carbocycles.